The van der Waals surface area contributed by atoms with E-state index in [2.05, 4.69) is 35.7 Å². The van der Waals surface area contributed by atoms with Gasteiger partial charge in [0.1, 0.15) is 12.9 Å². The van der Waals surface area contributed by atoms with Crippen LogP contribution in [0.1, 0.15) is 70.8 Å². The van der Waals surface area contributed by atoms with Crippen LogP contribution in [-0.4, -0.2) is 76.1 Å². The van der Waals surface area contributed by atoms with Crippen molar-refractivity contribution in [2.75, 3.05) is 30.8 Å². The molecule has 1 atom stereocenters. The van der Waals surface area contributed by atoms with Crippen LogP contribution in [0.25, 0.3) is 17.2 Å². The Bertz CT molecular complexity index is 2420. The Balaban J connectivity index is 1.31. The Hall–Kier alpha value is -5.65. The van der Waals surface area contributed by atoms with Gasteiger partial charge in [0, 0.05) is 42.4 Å². The molecule has 2 aliphatic rings. The van der Waals surface area contributed by atoms with Crippen LogP contribution in [0.5, 0.6) is 5.75 Å². The number of carbonyl (C=O) groups excluding carboxylic acids is 2. The number of rotatable bonds is 6. The maximum absolute atomic E-state index is 14.9. The number of hydrogen-bond donors (Lipinski definition) is 3. The number of alkyl halides is 3. The van der Waals surface area contributed by atoms with Crippen molar-refractivity contribution in [1.29, 1.82) is 0 Å². The highest BCUT2D eigenvalue weighted by Crippen LogP contribution is 2.50. The molecule has 282 valence electrons. The summed E-state index contributed by atoms with van der Waals surface area (Å²) in [6.45, 7) is 5.10. The normalized spacial score (nSPS) is 16.5. The molecule has 1 spiro atoms. The van der Waals surface area contributed by atoms with E-state index in [4.69, 9.17) is 11.6 Å². The number of nitrogens with zero attached hydrogens (tertiary/aromatic N) is 8. The zero-order chi connectivity index (χ0) is 38.9. The molecule has 5 heterocycles. The molecular weight excluding hydrogens is 736 g/mol. The molecule has 5 aromatic rings. The Labute approximate surface area is 309 Å². The predicted molar refractivity (Wildman–Crippen MR) is 188 cm³/mol. The SMILES string of the molecule is CNc1nc(C)c(-c2nc3n(CC(=O)Nc4ccc(C(F)(F)F)cc4Cl)c4c(c(=O)n3n2)C2(CCN(C(=O)c3ncnc(C)c3O)CC2)CC4C)cc1F. The lowest BCUT2D eigenvalue weighted by molar-refractivity contribution is -0.137. The molecule has 1 saturated heterocycles. The molecule has 1 unspecified atom stereocenters. The zero-order valence-electron chi connectivity index (χ0n) is 29.3. The number of piperidine rings is 1. The number of likely N-dealkylation sites (tertiary alicyclic amines) is 1. The lowest BCUT2D eigenvalue weighted by Gasteiger charge is -2.39. The van der Waals surface area contributed by atoms with Gasteiger partial charge >= 0.3 is 6.18 Å². The summed E-state index contributed by atoms with van der Waals surface area (Å²) in [6.07, 6.45) is -2.24. The first-order chi connectivity index (χ1) is 25.5. The minimum absolute atomic E-state index is 0.00261. The molecule has 0 saturated carbocycles. The summed E-state index contributed by atoms with van der Waals surface area (Å²) in [5.74, 6) is -2.49. The molecule has 4 aromatic heterocycles. The number of amides is 2. The maximum atomic E-state index is 14.9. The second kappa shape index (κ2) is 13.3. The first kappa shape index (κ1) is 36.7. The van der Waals surface area contributed by atoms with Gasteiger partial charge in [0.05, 0.1) is 27.7 Å². The molecule has 3 N–H and O–H groups in total. The van der Waals surface area contributed by atoms with Crippen LogP contribution in [0, 0.1) is 19.7 Å². The number of halogens is 5. The number of nitrogens with one attached hydrogen (secondary N) is 2. The quantitative estimate of drug-likeness (QED) is 0.194. The van der Waals surface area contributed by atoms with Crippen LogP contribution in [0.4, 0.5) is 29.1 Å². The third-order valence-corrected chi connectivity index (χ3v) is 10.5. The van der Waals surface area contributed by atoms with Crippen molar-refractivity contribution in [1.82, 2.24) is 39.0 Å². The lowest BCUT2D eigenvalue weighted by atomic mass is 9.73. The number of carbonyl (C=O) groups is 2. The van der Waals surface area contributed by atoms with Crippen molar-refractivity contribution in [2.24, 2.45) is 0 Å². The fourth-order valence-electron chi connectivity index (χ4n) is 7.61. The zero-order valence-corrected chi connectivity index (χ0v) is 30.1. The molecule has 14 nitrogen and oxygen atoms in total. The number of aromatic hydroxyl groups is 1. The Morgan fingerprint density at radius 3 is 2.48 bits per heavy atom. The van der Waals surface area contributed by atoms with Crippen LogP contribution < -0.4 is 16.2 Å². The third-order valence-electron chi connectivity index (χ3n) is 10.2. The highest BCUT2D eigenvalue weighted by molar-refractivity contribution is 6.33. The first-order valence-electron chi connectivity index (χ1n) is 16.9. The molecule has 0 bridgehead atoms. The van der Waals surface area contributed by atoms with E-state index in [1.54, 1.807) is 23.3 Å². The van der Waals surface area contributed by atoms with Gasteiger partial charge in [-0.3, -0.25) is 14.4 Å². The van der Waals surface area contributed by atoms with Gasteiger partial charge in [0.25, 0.3) is 11.5 Å². The van der Waals surface area contributed by atoms with Crippen molar-refractivity contribution in [3.8, 4) is 17.1 Å². The molecule has 1 aromatic carbocycles. The molecule has 1 aliphatic heterocycles. The summed E-state index contributed by atoms with van der Waals surface area (Å²) in [5.41, 5.74) is -0.680. The van der Waals surface area contributed by atoms with Crippen molar-refractivity contribution in [2.45, 2.75) is 64.1 Å². The molecule has 2 amide bonds. The average Bonchev–Trinajstić information content (AvgIpc) is 3.69. The average molecular weight is 769 g/mol. The van der Waals surface area contributed by atoms with Crippen LogP contribution in [0.2, 0.25) is 5.02 Å². The molecule has 1 aliphatic carbocycles. The molecule has 1 fully saturated rings. The summed E-state index contributed by atoms with van der Waals surface area (Å²) in [6, 6.07) is 3.76. The molecule has 19 heteroatoms. The summed E-state index contributed by atoms with van der Waals surface area (Å²) in [4.78, 5) is 60.0. The smallest absolute Gasteiger partial charge is 0.416 e. The second-order valence-corrected chi connectivity index (χ2v) is 14.0. The third kappa shape index (κ3) is 6.16. The van der Waals surface area contributed by atoms with E-state index in [0.29, 0.717) is 42.3 Å². The molecule has 54 heavy (non-hydrogen) atoms. The van der Waals surface area contributed by atoms with Gasteiger partial charge in [0.15, 0.2) is 28.9 Å². The molecule has 0 radical (unpaired) electrons. The van der Waals surface area contributed by atoms with E-state index in [9.17, 15) is 37.1 Å². The Morgan fingerprint density at radius 2 is 1.81 bits per heavy atom. The van der Waals surface area contributed by atoms with E-state index >= 15 is 0 Å². The lowest BCUT2D eigenvalue weighted by Crippen LogP contribution is -2.46. The van der Waals surface area contributed by atoms with Crippen molar-refractivity contribution >= 4 is 40.7 Å². The van der Waals surface area contributed by atoms with E-state index in [1.165, 1.54) is 19.4 Å². The number of benzene rings is 1. The fraction of sp³-hybridized carbons (Fsp3) is 0.371. The Kier molecular flexibility index (Phi) is 9.06. The summed E-state index contributed by atoms with van der Waals surface area (Å²) in [5, 5.41) is 19.9. The van der Waals surface area contributed by atoms with Gasteiger partial charge in [-0.25, -0.2) is 19.3 Å². The number of pyridine rings is 1. The summed E-state index contributed by atoms with van der Waals surface area (Å²) in [7, 11) is 1.52. The van der Waals surface area contributed by atoms with E-state index < -0.39 is 46.9 Å². The first-order valence-corrected chi connectivity index (χ1v) is 17.3. The summed E-state index contributed by atoms with van der Waals surface area (Å²) >= 11 is 6.14. The fourth-order valence-corrected chi connectivity index (χ4v) is 7.84. The van der Waals surface area contributed by atoms with E-state index in [-0.39, 0.29) is 69.8 Å². The number of fused-ring (bicyclic) bond motifs is 3. The van der Waals surface area contributed by atoms with Crippen molar-refractivity contribution < 1.29 is 32.3 Å². The highest BCUT2D eigenvalue weighted by atomic mass is 35.5. The number of aryl methyl sites for hydroxylation is 2. The van der Waals surface area contributed by atoms with Crippen molar-refractivity contribution in [3.63, 3.8) is 0 Å². The van der Waals surface area contributed by atoms with Crippen LogP contribution >= 0.6 is 11.6 Å². The Morgan fingerprint density at radius 1 is 1.09 bits per heavy atom. The van der Waals surface area contributed by atoms with Crippen LogP contribution in [0.3, 0.4) is 0 Å². The minimum atomic E-state index is -4.64. The standard InChI is InChI=1S/C35H33ClF4N10O4/c1-16-13-34(7-9-48(10-8-34)32(54)26-28(52)18(3)42-15-43-26)25-27(16)49(14-24(51)45-23-6-5-19(11-21(23)36)35(38,39)40)33-46-29(47-50(33)31(25)53)20-12-22(37)30(41-4)44-17(20)2/h5-6,11-12,15-16,52H,7-10,13-14H2,1-4H3,(H,41,44)(H,45,51). The van der Waals surface area contributed by atoms with Crippen LogP contribution in [-0.2, 0) is 22.9 Å². The topological polar surface area (TPSA) is 173 Å². The number of hydrogen-bond acceptors (Lipinski definition) is 10. The summed E-state index contributed by atoms with van der Waals surface area (Å²) < 4.78 is 57.3. The van der Waals surface area contributed by atoms with Gasteiger partial charge in [-0.05, 0) is 63.3 Å². The van der Waals surface area contributed by atoms with E-state index in [1.807, 2.05) is 6.92 Å². The van der Waals surface area contributed by atoms with Crippen molar-refractivity contribution in [3.05, 3.63) is 85.7 Å². The van der Waals surface area contributed by atoms with Crippen LogP contribution in [0.15, 0.2) is 35.4 Å². The van der Waals surface area contributed by atoms with Gasteiger partial charge < -0.3 is 25.2 Å². The monoisotopic (exact) mass is 768 g/mol. The number of aromatic nitrogens is 7. The van der Waals surface area contributed by atoms with E-state index in [0.717, 1.165) is 16.6 Å². The molecule has 7 rings (SSSR count). The van der Waals surface area contributed by atoms with Gasteiger partial charge in [-0.1, -0.05) is 18.5 Å². The number of anilines is 2. The largest absolute Gasteiger partial charge is 0.504 e. The minimum Gasteiger partial charge on any atom is -0.504 e. The molecular formula is C35H33ClF4N10O4. The maximum Gasteiger partial charge on any atom is 0.416 e. The predicted octanol–water partition coefficient (Wildman–Crippen LogP) is 5.24. The highest BCUT2D eigenvalue weighted by Gasteiger charge is 2.49. The van der Waals surface area contributed by atoms with Gasteiger partial charge in [-0.2, -0.15) is 22.7 Å². The van der Waals surface area contributed by atoms with Gasteiger partial charge in [-0.15, -0.1) is 5.10 Å². The second-order valence-electron chi connectivity index (χ2n) is 13.6. The van der Waals surface area contributed by atoms with Gasteiger partial charge in [0.2, 0.25) is 11.7 Å².